The lowest BCUT2D eigenvalue weighted by molar-refractivity contribution is -0.156. The van der Waals surface area contributed by atoms with E-state index < -0.39 is 29.6 Å². The largest absolute Gasteiger partial charge is 0.464 e. The van der Waals surface area contributed by atoms with Gasteiger partial charge >= 0.3 is 5.97 Å². The number of thiazole rings is 1. The van der Waals surface area contributed by atoms with Crippen molar-refractivity contribution in [1.29, 1.82) is 0 Å². The lowest BCUT2D eigenvalue weighted by Gasteiger charge is -2.46. The number of aryl methyl sites for hydroxylation is 1. The van der Waals surface area contributed by atoms with E-state index in [9.17, 15) is 14.4 Å². The fraction of sp³-hybridized carbons (Fsp3) is 0.620. The van der Waals surface area contributed by atoms with Gasteiger partial charge in [-0.3, -0.25) is 29.3 Å². The standard InChI is InChI=1S/C50H67N7O7S/c1-10-56-40-15-14-30-19-35(40)37(44(56)36-20-32(22-51-42(36)29(5)61-9)31-17-33-23-62-24-34(18-31)55(33)8)21-50(6,7)26-64-49(60)38-13-12-16-57(54-38)48(59)43(53-46(58)41-27(3)28(41)4)45(63-11-2)47-52-39(30)25-65-47/h14-15,19-20,22,25,27-29,31,33-34,38,41,43,45,54H,10-13,16-18,21,23-24,26H2,1-9H3,(H,53,58)/t27-,28+,29-,31-,33-,34+,38-,41+,43-,45-/m0/s1. The molecule has 8 bridgehead atoms. The average molecular weight is 910 g/mol. The number of hydrazine groups is 1. The summed E-state index contributed by atoms with van der Waals surface area (Å²) in [6.07, 6.45) is 4.64. The van der Waals surface area contributed by atoms with Crippen LogP contribution in [-0.4, -0.2) is 114 Å². The lowest BCUT2D eigenvalue weighted by Crippen LogP contribution is -2.61. The Labute approximate surface area is 387 Å². The molecule has 2 amide bonds. The molecule has 3 aromatic heterocycles. The van der Waals surface area contributed by atoms with E-state index in [0.717, 1.165) is 70.7 Å². The molecule has 4 aromatic rings. The van der Waals surface area contributed by atoms with Gasteiger partial charge in [0.1, 0.15) is 23.2 Å². The first-order valence-electron chi connectivity index (χ1n) is 23.8. The van der Waals surface area contributed by atoms with Gasteiger partial charge in [-0.25, -0.2) is 10.4 Å². The predicted molar refractivity (Wildman–Crippen MR) is 250 cm³/mol. The number of rotatable bonds is 9. The van der Waals surface area contributed by atoms with Gasteiger partial charge in [0.2, 0.25) is 5.91 Å². The number of morpholine rings is 1. The quantitative estimate of drug-likeness (QED) is 0.164. The number of carbonyl (C=O) groups is 3. The topological polar surface area (TPSA) is 149 Å². The van der Waals surface area contributed by atoms with Crippen molar-refractivity contribution in [1.82, 2.24) is 35.2 Å². The zero-order valence-corrected chi connectivity index (χ0v) is 40.3. The number of ether oxygens (including phenoxy) is 4. The molecule has 1 aliphatic carbocycles. The fourth-order valence-corrected chi connectivity index (χ4v) is 11.9. The van der Waals surface area contributed by atoms with Crippen molar-refractivity contribution in [2.24, 2.45) is 23.2 Å². The summed E-state index contributed by atoms with van der Waals surface area (Å²) in [5.74, 6) is -0.389. The molecule has 0 spiro atoms. The van der Waals surface area contributed by atoms with E-state index >= 15 is 0 Å². The highest BCUT2D eigenvalue weighted by Crippen LogP contribution is 2.47. The van der Waals surface area contributed by atoms with Crippen molar-refractivity contribution in [3.05, 3.63) is 57.7 Å². The second-order valence-electron chi connectivity index (χ2n) is 20.0. The molecule has 10 atom stereocenters. The minimum atomic E-state index is -1.08. The zero-order chi connectivity index (χ0) is 45.9. The Kier molecular flexibility index (Phi) is 13.0. The second kappa shape index (κ2) is 18.4. The number of benzene rings is 1. The number of piperidine rings is 1. The number of methoxy groups -OCH3 is 1. The Morgan fingerprint density at radius 3 is 2.55 bits per heavy atom. The van der Waals surface area contributed by atoms with Gasteiger partial charge in [0, 0.05) is 83.8 Å². The Bertz CT molecular complexity index is 2410. The van der Waals surface area contributed by atoms with Crippen molar-refractivity contribution in [3.8, 4) is 22.5 Å². The van der Waals surface area contributed by atoms with Gasteiger partial charge in [0.05, 0.1) is 43.0 Å². The number of nitrogens with zero attached hydrogens (tertiary/aromatic N) is 5. The summed E-state index contributed by atoms with van der Waals surface area (Å²) in [6, 6.07) is 7.83. The molecule has 65 heavy (non-hydrogen) atoms. The number of esters is 1. The van der Waals surface area contributed by atoms with Crippen molar-refractivity contribution >= 4 is 40.0 Å². The highest BCUT2D eigenvalue weighted by molar-refractivity contribution is 7.10. The highest BCUT2D eigenvalue weighted by atomic mass is 32.1. The molecule has 2 N–H and O–H groups in total. The number of likely N-dealkylation sites (N-methyl/N-ethyl adjacent to an activating group) is 1. The zero-order valence-electron chi connectivity index (χ0n) is 39.5. The maximum absolute atomic E-state index is 14.7. The average Bonchev–Trinajstić information content (AvgIpc) is 3.57. The van der Waals surface area contributed by atoms with Gasteiger partial charge in [-0.1, -0.05) is 33.8 Å². The van der Waals surface area contributed by atoms with Crippen LogP contribution in [0.1, 0.15) is 114 Å². The molecular formula is C50H67N7O7S. The molecule has 4 fully saturated rings. The summed E-state index contributed by atoms with van der Waals surface area (Å²) in [6.45, 7) is 17.6. The minimum absolute atomic E-state index is 0.161. The van der Waals surface area contributed by atoms with E-state index in [1.807, 2.05) is 12.3 Å². The third-order valence-electron chi connectivity index (χ3n) is 15.2. The molecular weight excluding hydrogens is 843 g/mol. The number of cyclic esters (lactones) is 1. The second-order valence-corrected chi connectivity index (χ2v) is 20.9. The molecule has 7 heterocycles. The van der Waals surface area contributed by atoms with Crippen molar-refractivity contribution in [2.45, 2.75) is 129 Å². The molecule has 1 aromatic carbocycles. The Balaban J connectivity index is 1.19. The number of nitrogens with one attached hydrogen (secondary N) is 2. The lowest BCUT2D eigenvalue weighted by atomic mass is 9.80. The van der Waals surface area contributed by atoms with E-state index in [0.29, 0.717) is 62.0 Å². The molecule has 1 saturated carbocycles. The first kappa shape index (κ1) is 45.9. The van der Waals surface area contributed by atoms with Crippen LogP contribution in [0.5, 0.6) is 0 Å². The Morgan fingerprint density at radius 2 is 1.86 bits per heavy atom. The van der Waals surface area contributed by atoms with E-state index in [1.165, 1.54) is 21.9 Å². The molecule has 15 heteroatoms. The molecule has 4 aliphatic heterocycles. The van der Waals surface area contributed by atoms with Crippen LogP contribution in [-0.2, 0) is 46.3 Å². The molecule has 0 radical (unpaired) electrons. The fourth-order valence-electron chi connectivity index (χ4n) is 11.0. The molecule has 3 saturated heterocycles. The van der Waals surface area contributed by atoms with Crippen LogP contribution in [0.4, 0.5) is 0 Å². The van der Waals surface area contributed by atoms with E-state index in [4.69, 9.17) is 28.9 Å². The molecule has 14 nitrogen and oxygen atoms in total. The molecule has 9 rings (SSSR count). The first-order chi connectivity index (χ1) is 31.2. The van der Waals surface area contributed by atoms with Crippen LogP contribution in [0.15, 0.2) is 35.8 Å². The van der Waals surface area contributed by atoms with Gasteiger partial charge in [0.25, 0.3) is 5.91 Å². The Hall–Kier alpha value is -4.25. The van der Waals surface area contributed by atoms with Crippen molar-refractivity contribution < 1.29 is 33.3 Å². The maximum atomic E-state index is 14.7. The summed E-state index contributed by atoms with van der Waals surface area (Å²) in [4.78, 5) is 55.4. The van der Waals surface area contributed by atoms with Crippen LogP contribution >= 0.6 is 11.3 Å². The van der Waals surface area contributed by atoms with Gasteiger partial charge in [-0.2, -0.15) is 0 Å². The monoisotopic (exact) mass is 909 g/mol. The van der Waals surface area contributed by atoms with E-state index in [-0.39, 0.29) is 42.3 Å². The number of pyridine rings is 1. The minimum Gasteiger partial charge on any atom is -0.464 e. The first-order valence-corrected chi connectivity index (χ1v) is 24.7. The highest BCUT2D eigenvalue weighted by Gasteiger charge is 2.50. The van der Waals surface area contributed by atoms with Gasteiger partial charge < -0.3 is 28.8 Å². The summed E-state index contributed by atoms with van der Waals surface area (Å²) in [5.41, 5.74) is 10.9. The van der Waals surface area contributed by atoms with Gasteiger partial charge in [-0.05, 0) is 107 Å². The Morgan fingerprint density at radius 1 is 1.11 bits per heavy atom. The summed E-state index contributed by atoms with van der Waals surface area (Å²) in [7, 11) is 3.97. The van der Waals surface area contributed by atoms with Gasteiger partial charge in [0.15, 0.2) is 0 Å². The normalized spacial score (nSPS) is 29.9. The summed E-state index contributed by atoms with van der Waals surface area (Å²) in [5, 5.41) is 8.27. The van der Waals surface area contributed by atoms with E-state index in [1.54, 1.807) is 7.11 Å². The van der Waals surface area contributed by atoms with E-state index in [2.05, 4.69) is 99.3 Å². The predicted octanol–water partition coefficient (Wildman–Crippen LogP) is 7.22. The SMILES string of the molecule is CCO[C@@H]1c2nc(cs2)-c2ccc3c(c2)c(c(-c2cc([C@H]4C[C@H]5COC[C@@H](C4)N5C)cnc2[C@H](C)OC)n3CC)CC(C)(C)COC(=O)[C@@H]2CCCN(N2)C(=O)[C@H]1NC(=O)[C@H]1[C@H](C)[C@@H]1C. The van der Waals surface area contributed by atoms with Crippen LogP contribution in [0.2, 0.25) is 0 Å². The molecule has 0 unspecified atom stereocenters. The van der Waals surface area contributed by atoms with Crippen LogP contribution in [0, 0.1) is 23.2 Å². The third-order valence-corrected chi connectivity index (χ3v) is 16.1. The maximum Gasteiger partial charge on any atom is 0.324 e. The molecule has 350 valence electrons. The summed E-state index contributed by atoms with van der Waals surface area (Å²) < 4.78 is 27.0. The van der Waals surface area contributed by atoms with Crippen LogP contribution in [0.3, 0.4) is 0 Å². The third kappa shape index (κ3) is 8.77. The number of amides is 2. The number of hydrogen-bond donors (Lipinski definition) is 2. The van der Waals surface area contributed by atoms with Crippen LogP contribution < -0.4 is 10.7 Å². The number of hydrogen-bond acceptors (Lipinski definition) is 12. The van der Waals surface area contributed by atoms with Gasteiger partial charge in [-0.15, -0.1) is 11.3 Å². The van der Waals surface area contributed by atoms with Crippen molar-refractivity contribution in [2.75, 3.05) is 47.1 Å². The smallest absolute Gasteiger partial charge is 0.324 e. The summed E-state index contributed by atoms with van der Waals surface area (Å²) >= 11 is 1.42. The van der Waals surface area contributed by atoms with Crippen molar-refractivity contribution in [3.63, 3.8) is 0 Å². The number of fused-ring (bicyclic) bond motifs is 8. The number of aromatic nitrogens is 3. The molecule has 5 aliphatic rings. The number of carbonyl (C=O) groups excluding carboxylic acids is 3. The van der Waals surface area contributed by atoms with Crippen LogP contribution in [0.25, 0.3) is 33.4 Å².